The van der Waals surface area contributed by atoms with Crippen LogP contribution >= 0.6 is 11.8 Å². The van der Waals surface area contributed by atoms with E-state index in [0.717, 1.165) is 11.3 Å². The third-order valence-corrected chi connectivity index (χ3v) is 4.73. The molecule has 3 rings (SSSR count). The number of rotatable bonds is 5. The molecule has 124 valence electrons. The van der Waals surface area contributed by atoms with Crippen molar-refractivity contribution in [1.82, 2.24) is 14.9 Å². The number of hydrogen-bond donors (Lipinski definition) is 0. The molecular formula is C15H14N4O4S. The highest BCUT2D eigenvalue weighted by Crippen LogP contribution is 2.38. The summed E-state index contributed by atoms with van der Waals surface area (Å²) in [5.74, 6) is 0.630. The van der Waals surface area contributed by atoms with Crippen LogP contribution in [0.25, 0.3) is 0 Å². The minimum Gasteiger partial charge on any atom is -0.453 e. The van der Waals surface area contributed by atoms with Crippen LogP contribution in [0.15, 0.2) is 42.7 Å². The van der Waals surface area contributed by atoms with Gasteiger partial charge in [0.05, 0.1) is 4.92 Å². The van der Waals surface area contributed by atoms with Crippen molar-refractivity contribution in [1.29, 1.82) is 0 Å². The summed E-state index contributed by atoms with van der Waals surface area (Å²) in [5, 5.41) is 10.6. The summed E-state index contributed by atoms with van der Waals surface area (Å²) in [6, 6.07) is 8.09. The van der Waals surface area contributed by atoms with E-state index < -0.39 is 4.92 Å². The fraction of sp³-hybridized carbons (Fsp3) is 0.267. The first-order chi connectivity index (χ1) is 11.6. The highest BCUT2D eigenvalue weighted by atomic mass is 32.2. The van der Waals surface area contributed by atoms with E-state index in [1.54, 1.807) is 34.9 Å². The number of amides is 1. The maximum atomic E-state index is 12.4. The Morgan fingerprint density at radius 1 is 1.33 bits per heavy atom. The van der Waals surface area contributed by atoms with E-state index in [1.807, 2.05) is 0 Å². The first kappa shape index (κ1) is 16.2. The normalized spacial score (nSPS) is 16.8. The number of carbonyl (C=O) groups excluding carboxylic acids is 1. The minimum absolute atomic E-state index is 0.0317. The number of nitrogens with zero attached hydrogens (tertiary/aromatic N) is 4. The van der Waals surface area contributed by atoms with Gasteiger partial charge in [-0.25, -0.2) is 9.97 Å². The van der Waals surface area contributed by atoms with Crippen LogP contribution in [0, 0.1) is 10.1 Å². The number of benzene rings is 1. The molecule has 0 radical (unpaired) electrons. The van der Waals surface area contributed by atoms with E-state index in [0.29, 0.717) is 6.54 Å². The zero-order valence-corrected chi connectivity index (χ0v) is 13.4. The lowest BCUT2D eigenvalue weighted by Crippen LogP contribution is -2.34. The predicted octanol–water partition coefficient (Wildman–Crippen LogP) is 2.04. The van der Waals surface area contributed by atoms with Gasteiger partial charge in [0, 0.05) is 36.8 Å². The van der Waals surface area contributed by atoms with Gasteiger partial charge in [-0.15, -0.1) is 11.8 Å². The van der Waals surface area contributed by atoms with Gasteiger partial charge in [-0.3, -0.25) is 14.9 Å². The Morgan fingerprint density at radius 2 is 2.04 bits per heavy atom. The SMILES string of the molecule is O=C(COc1ncccn1)N1CCSC1c1ccc([N+](=O)[O-])cc1. The van der Waals surface area contributed by atoms with Crippen LogP contribution in [-0.2, 0) is 4.79 Å². The van der Waals surface area contributed by atoms with Crippen molar-refractivity contribution in [3.8, 4) is 6.01 Å². The lowest BCUT2D eigenvalue weighted by molar-refractivity contribution is -0.384. The molecule has 1 fully saturated rings. The van der Waals surface area contributed by atoms with Crippen LogP contribution in [-0.4, -0.2) is 44.6 Å². The average molecular weight is 346 g/mol. The van der Waals surface area contributed by atoms with Crippen molar-refractivity contribution < 1.29 is 14.5 Å². The van der Waals surface area contributed by atoms with Crippen LogP contribution < -0.4 is 4.74 Å². The maximum absolute atomic E-state index is 12.4. The lowest BCUT2D eigenvalue weighted by Gasteiger charge is -2.23. The van der Waals surface area contributed by atoms with Gasteiger partial charge in [0.1, 0.15) is 5.37 Å². The van der Waals surface area contributed by atoms with Gasteiger partial charge in [-0.1, -0.05) is 0 Å². The van der Waals surface area contributed by atoms with Crippen LogP contribution in [0.1, 0.15) is 10.9 Å². The molecule has 1 aliphatic rings. The van der Waals surface area contributed by atoms with E-state index in [9.17, 15) is 14.9 Å². The van der Waals surface area contributed by atoms with Gasteiger partial charge in [-0.2, -0.15) is 0 Å². The molecule has 1 saturated heterocycles. The monoisotopic (exact) mass is 346 g/mol. The minimum atomic E-state index is -0.442. The van der Waals surface area contributed by atoms with E-state index in [1.165, 1.54) is 24.5 Å². The molecule has 0 bridgehead atoms. The summed E-state index contributed by atoms with van der Waals surface area (Å²) in [5.41, 5.74) is 0.886. The molecule has 0 N–H and O–H groups in total. The van der Waals surface area contributed by atoms with Crippen LogP contribution in [0.2, 0.25) is 0 Å². The van der Waals surface area contributed by atoms with Crippen molar-refractivity contribution in [2.45, 2.75) is 5.37 Å². The third-order valence-electron chi connectivity index (χ3n) is 3.47. The van der Waals surface area contributed by atoms with Gasteiger partial charge in [-0.05, 0) is 23.8 Å². The Balaban J connectivity index is 1.66. The number of non-ortho nitro benzene ring substituents is 1. The Hall–Kier alpha value is -2.68. The summed E-state index contributed by atoms with van der Waals surface area (Å²) in [6.45, 7) is 0.457. The molecule has 9 heteroatoms. The first-order valence-electron chi connectivity index (χ1n) is 7.20. The zero-order chi connectivity index (χ0) is 16.9. The smallest absolute Gasteiger partial charge is 0.316 e. The van der Waals surface area contributed by atoms with Crippen molar-refractivity contribution in [2.75, 3.05) is 18.9 Å². The summed E-state index contributed by atoms with van der Waals surface area (Å²) in [7, 11) is 0. The number of thioether (sulfide) groups is 1. The number of nitro benzene ring substituents is 1. The molecule has 8 nitrogen and oxygen atoms in total. The third kappa shape index (κ3) is 3.62. The highest BCUT2D eigenvalue weighted by Gasteiger charge is 2.31. The van der Waals surface area contributed by atoms with Crippen LogP contribution in [0.4, 0.5) is 5.69 Å². The first-order valence-corrected chi connectivity index (χ1v) is 8.25. The van der Waals surface area contributed by atoms with E-state index in [-0.39, 0.29) is 29.6 Å². The van der Waals surface area contributed by atoms with E-state index in [4.69, 9.17) is 4.74 Å². The molecule has 1 unspecified atom stereocenters. The van der Waals surface area contributed by atoms with Crippen LogP contribution in [0.3, 0.4) is 0 Å². The molecule has 24 heavy (non-hydrogen) atoms. The van der Waals surface area contributed by atoms with Gasteiger partial charge in [0.25, 0.3) is 11.6 Å². The molecule has 1 amide bonds. The van der Waals surface area contributed by atoms with Gasteiger partial charge in [0.15, 0.2) is 6.61 Å². The van der Waals surface area contributed by atoms with E-state index >= 15 is 0 Å². The second kappa shape index (κ2) is 7.26. The number of ether oxygens (including phenoxy) is 1. The number of hydrogen-bond acceptors (Lipinski definition) is 7. The Labute approximate surface area is 142 Å². The number of nitro groups is 1. The van der Waals surface area contributed by atoms with Crippen molar-refractivity contribution in [3.05, 3.63) is 58.4 Å². The number of carbonyl (C=O) groups is 1. The average Bonchev–Trinajstić information content (AvgIpc) is 3.10. The standard InChI is InChI=1S/C15H14N4O4S/c20-13(10-23-15-16-6-1-7-17-15)18-8-9-24-14(18)11-2-4-12(5-3-11)19(21)22/h1-7,14H,8-10H2. The molecule has 1 atom stereocenters. The number of aromatic nitrogens is 2. The molecule has 1 aromatic heterocycles. The largest absolute Gasteiger partial charge is 0.453 e. The van der Waals surface area contributed by atoms with Gasteiger partial charge < -0.3 is 9.64 Å². The van der Waals surface area contributed by atoms with Gasteiger partial charge >= 0.3 is 6.01 Å². The molecular weight excluding hydrogens is 332 g/mol. The molecule has 1 aliphatic heterocycles. The molecule has 0 spiro atoms. The summed E-state index contributed by atoms with van der Waals surface area (Å²) in [4.78, 5) is 32.2. The van der Waals surface area contributed by atoms with E-state index in [2.05, 4.69) is 9.97 Å². The Bertz CT molecular complexity index is 726. The fourth-order valence-corrected chi connectivity index (χ4v) is 3.61. The summed E-state index contributed by atoms with van der Waals surface area (Å²) >= 11 is 1.62. The quantitative estimate of drug-likeness (QED) is 0.603. The van der Waals surface area contributed by atoms with Crippen molar-refractivity contribution in [3.63, 3.8) is 0 Å². The summed E-state index contributed by atoms with van der Waals surface area (Å²) in [6.07, 6.45) is 3.08. The molecule has 1 aromatic carbocycles. The molecule has 0 aliphatic carbocycles. The molecule has 2 aromatic rings. The van der Waals surface area contributed by atoms with Crippen molar-refractivity contribution in [2.24, 2.45) is 0 Å². The fourth-order valence-electron chi connectivity index (χ4n) is 2.33. The van der Waals surface area contributed by atoms with Crippen LogP contribution in [0.5, 0.6) is 6.01 Å². The Morgan fingerprint density at radius 3 is 2.71 bits per heavy atom. The molecule has 0 saturated carbocycles. The highest BCUT2D eigenvalue weighted by molar-refractivity contribution is 7.99. The lowest BCUT2D eigenvalue weighted by atomic mass is 10.2. The predicted molar refractivity (Wildman–Crippen MR) is 87.5 cm³/mol. The maximum Gasteiger partial charge on any atom is 0.316 e. The topological polar surface area (TPSA) is 98.5 Å². The van der Waals surface area contributed by atoms with Gasteiger partial charge in [0.2, 0.25) is 0 Å². The van der Waals surface area contributed by atoms with Crippen molar-refractivity contribution >= 4 is 23.4 Å². The molecule has 2 heterocycles. The summed E-state index contributed by atoms with van der Waals surface area (Å²) < 4.78 is 5.30. The Kier molecular flexibility index (Phi) is 4.90. The second-order valence-electron chi connectivity index (χ2n) is 4.98. The second-order valence-corrected chi connectivity index (χ2v) is 6.17. The zero-order valence-electron chi connectivity index (χ0n) is 12.6.